The van der Waals surface area contributed by atoms with Crippen LogP contribution in [-0.4, -0.2) is 58.9 Å². The molecule has 0 radical (unpaired) electrons. The van der Waals surface area contributed by atoms with E-state index in [0.29, 0.717) is 6.42 Å². The van der Waals surface area contributed by atoms with Gasteiger partial charge in [-0.2, -0.15) is 5.10 Å². The molecule has 1 atom stereocenters. The molecule has 134 valence electrons. The van der Waals surface area contributed by atoms with Gasteiger partial charge in [-0.05, 0) is 17.5 Å². The van der Waals surface area contributed by atoms with Crippen LogP contribution >= 0.6 is 0 Å². The predicted octanol–water partition coefficient (Wildman–Crippen LogP) is 1.67. The minimum atomic E-state index is 0.180. The highest BCUT2D eigenvalue weighted by Gasteiger charge is 2.24. The highest BCUT2D eigenvalue weighted by molar-refractivity contribution is 5.77. The maximum atomic E-state index is 12.6. The Labute approximate surface area is 148 Å². The summed E-state index contributed by atoms with van der Waals surface area (Å²) in [4.78, 5) is 20.9. The van der Waals surface area contributed by atoms with Crippen LogP contribution in [0.15, 0.2) is 30.9 Å². The molecular weight excluding hydrogens is 318 g/mol. The van der Waals surface area contributed by atoms with E-state index in [4.69, 9.17) is 4.74 Å². The van der Waals surface area contributed by atoms with Gasteiger partial charge in [-0.15, -0.1) is 0 Å². The molecule has 0 saturated carbocycles. The van der Waals surface area contributed by atoms with E-state index in [1.165, 1.54) is 0 Å². The standard InChI is InChI=1S/C18H25N5O2/c1-14(15-11-20-21(2)13-15)10-18(24)23-8-6-22(7-9-23)16-4-5-19-12-17(16)25-3/h4-5,11-14H,6-10H2,1-3H3. The number of rotatable bonds is 5. The molecule has 1 saturated heterocycles. The Balaban J connectivity index is 1.55. The molecule has 1 aliphatic rings. The van der Waals surface area contributed by atoms with Crippen molar-refractivity contribution < 1.29 is 9.53 Å². The largest absolute Gasteiger partial charge is 0.493 e. The van der Waals surface area contributed by atoms with Crippen LogP contribution in [0.2, 0.25) is 0 Å². The van der Waals surface area contributed by atoms with Gasteiger partial charge in [0.25, 0.3) is 0 Å². The van der Waals surface area contributed by atoms with E-state index in [-0.39, 0.29) is 11.8 Å². The lowest BCUT2D eigenvalue weighted by Gasteiger charge is -2.36. The second-order valence-corrected chi connectivity index (χ2v) is 6.47. The summed E-state index contributed by atoms with van der Waals surface area (Å²) in [5.74, 6) is 1.16. The summed E-state index contributed by atoms with van der Waals surface area (Å²) in [5, 5.41) is 4.19. The summed E-state index contributed by atoms with van der Waals surface area (Å²) in [6.45, 7) is 5.13. The fourth-order valence-electron chi connectivity index (χ4n) is 3.19. The van der Waals surface area contributed by atoms with Gasteiger partial charge in [-0.3, -0.25) is 14.5 Å². The van der Waals surface area contributed by atoms with Crippen LogP contribution in [0.1, 0.15) is 24.8 Å². The molecule has 2 aromatic rings. The van der Waals surface area contributed by atoms with Crippen molar-refractivity contribution >= 4 is 11.6 Å². The highest BCUT2D eigenvalue weighted by atomic mass is 16.5. The van der Waals surface area contributed by atoms with Gasteiger partial charge in [0.15, 0.2) is 5.75 Å². The normalized spacial score (nSPS) is 16.0. The summed E-state index contributed by atoms with van der Waals surface area (Å²) in [6.07, 6.45) is 7.83. The lowest BCUT2D eigenvalue weighted by molar-refractivity contribution is -0.131. The predicted molar refractivity (Wildman–Crippen MR) is 95.8 cm³/mol. The maximum absolute atomic E-state index is 12.6. The monoisotopic (exact) mass is 343 g/mol. The third kappa shape index (κ3) is 3.92. The van der Waals surface area contributed by atoms with E-state index < -0.39 is 0 Å². The van der Waals surface area contributed by atoms with Gasteiger partial charge in [0.05, 0.1) is 25.2 Å². The van der Waals surface area contributed by atoms with Crippen molar-refractivity contribution in [3.63, 3.8) is 0 Å². The average Bonchev–Trinajstić information content (AvgIpc) is 3.08. The van der Waals surface area contributed by atoms with Crippen LogP contribution in [0.5, 0.6) is 5.75 Å². The van der Waals surface area contributed by atoms with Gasteiger partial charge < -0.3 is 14.5 Å². The van der Waals surface area contributed by atoms with Crippen LogP contribution in [0.25, 0.3) is 0 Å². The van der Waals surface area contributed by atoms with E-state index in [2.05, 4.69) is 21.9 Å². The van der Waals surface area contributed by atoms with Crippen molar-refractivity contribution in [1.82, 2.24) is 19.7 Å². The molecule has 3 rings (SSSR count). The Bertz CT molecular complexity index is 722. The first-order valence-corrected chi connectivity index (χ1v) is 8.57. The zero-order valence-corrected chi connectivity index (χ0v) is 15.1. The molecule has 0 aromatic carbocycles. The van der Waals surface area contributed by atoms with Gasteiger partial charge in [-0.1, -0.05) is 6.92 Å². The molecule has 25 heavy (non-hydrogen) atoms. The number of piperazine rings is 1. The molecule has 7 nitrogen and oxygen atoms in total. The van der Waals surface area contributed by atoms with E-state index in [0.717, 1.165) is 43.2 Å². The minimum Gasteiger partial charge on any atom is -0.493 e. The van der Waals surface area contributed by atoms with Crippen molar-refractivity contribution in [3.8, 4) is 5.75 Å². The molecule has 1 unspecified atom stereocenters. The number of pyridine rings is 1. The Kier molecular flexibility index (Phi) is 5.21. The average molecular weight is 343 g/mol. The number of ether oxygens (including phenoxy) is 1. The smallest absolute Gasteiger partial charge is 0.223 e. The van der Waals surface area contributed by atoms with Crippen molar-refractivity contribution in [2.45, 2.75) is 19.3 Å². The third-order valence-electron chi connectivity index (χ3n) is 4.73. The van der Waals surface area contributed by atoms with Crippen molar-refractivity contribution in [2.24, 2.45) is 7.05 Å². The van der Waals surface area contributed by atoms with Gasteiger partial charge in [0.2, 0.25) is 5.91 Å². The first kappa shape index (κ1) is 17.3. The zero-order chi connectivity index (χ0) is 17.8. The Morgan fingerprint density at radius 1 is 1.28 bits per heavy atom. The summed E-state index contributed by atoms with van der Waals surface area (Å²) in [6, 6.07) is 1.96. The molecule has 7 heteroatoms. The molecule has 0 bridgehead atoms. The highest BCUT2D eigenvalue weighted by Crippen LogP contribution is 2.27. The number of carbonyl (C=O) groups excluding carboxylic acids is 1. The lowest BCUT2D eigenvalue weighted by atomic mass is 10.0. The van der Waals surface area contributed by atoms with Gasteiger partial charge >= 0.3 is 0 Å². The molecule has 3 heterocycles. The number of nitrogens with zero attached hydrogens (tertiary/aromatic N) is 5. The first-order valence-electron chi connectivity index (χ1n) is 8.57. The molecule has 2 aromatic heterocycles. The SMILES string of the molecule is COc1cnccc1N1CCN(C(=O)CC(C)c2cnn(C)c2)CC1. The van der Waals surface area contributed by atoms with Gasteiger partial charge in [0, 0.05) is 52.0 Å². The second-order valence-electron chi connectivity index (χ2n) is 6.47. The fourth-order valence-corrected chi connectivity index (χ4v) is 3.19. The Morgan fingerprint density at radius 2 is 2.04 bits per heavy atom. The molecule has 0 aliphatic carbocycles. The number of carbonyl (C=O) groups is 1. The van der Waals surface area contributed by atoms with Crippen molar-refractivity contribution in [2.75, 3.05) is 38.2 Å². The van der Waals surface area contributed by atoms with Crippen LogP contribution in [-0.2, 0) is 11.8 Å². The molecule has 0 spiro atoms. The zero-order valence-electron chi connectivity index (χ0n) is 15.1. The van der Waals surface area contributed by atoms with Crippen LogP contribution in [0, 0.1) is 0 Å². The molecule has 1 amide bonds. The lowest BCUT2D eigenvalue weighted by Crippen LogP contribution is -2.49. The van der Waals surface area contributed by atoms with E-state index in [1.807, 2.05) is 30.4 Å². The molecule has 1 fully saturated rings. The minimum absolute atomic E-state index is 0.180. The molecular formula is C18H25N5O2. The number of aromatic nitrogens is 3. The number of amides is 1. The number of hydrogen-bond acceptors (Lipinski definition) is 5. The molecule has 1 aliphatic heterocycles. The van der Waals surface area contributed by atoms with Crippen molar-refractivity contribution in [1.29, 1.82) is 0 Å². The summed E-state index contributed by atoms with van der Waals surface area (Å²) in [5.41, 5.74) is 2.14. The quantitative estimate of drug-likeness (QED) is 0.826. The number of anilines is 1. The van der Waals surface area contributed by atoms with Gasteiger partial charge in [0.1, 0.15) is 0 Å². The second kappa shape index (κ2) is 7.55. The molecule has 0 N–H and O–H groups in total. The van der Waals surface area contributed by atoms with E-state index >= 15 is 0 Å². The number of hydrogen-bond donors (Lipinski definition) is 0. The van der Waals surface area contributed by atoms with E-state index in [9.17, 15) is 4.79 Å². The number of methoxy groups -OCH3 is 1. The summed E-state index contributed by atoms with van der Waals surface area (Å²) in [7, 11) is 3.55. The van der Waals surface area contributed by atoms with E-state index in [1.54, 1.807) is 24.2 Å². The summed E-state index contributed by atoms with van der Waals surface area (Å²) >= 11 is 0. The van der Waals surface area contributed by atoms with Gasteiger partial charge in [-0.25, -0.2) is 0 Å². The third-order valence-corrected chi connectivity index (χ3v) is 4.73. The number of aryl methyl sites for hydroxylation is 1. The van der Waals surface area contributed by atoms with Crippen LogP contribution in [0.4, 0.5) is 5.69 Å². The topological polar surface area (TPSA) is 63.5 Å². The fraction of sp³-hybridized carbons (Fsp3) is 0.500. The maximum Gasteiger partial charge on any atom is 0.223 e. The summed E-state index contributed by atoms with van der Waals surface area (Å²) < 4.78 is 7.16. The van der Waals surface area contributed by atoms with Crippen LogP contribution < -0.4 is 9.64 Å². The van der Waals surface area contributed by atoms with Crippen LogP contribution in [0.3, 0.4) is 0 Å². The Morgan fingerprint density at radius 3 is 2.68 bits per heavy atom. The first-order chi connectivity index (χ1) is 12.1. The Hall–Kier alpha value is -2.57. The van der Waals surface area contributed by atoms with Crippen molar-refractivity contribution in [3.05, 3.63) is 36.4 Å².